The molecule has 0 saturated carbocycles. The molecule has 3 rings (SSSR count). The summed E-state index contributed by atoms with van der Waals surface area (Å²) >= 11 is 0. The molecule has 0 radical (unpaired) electrons. The third-order valence-electron chi connectivity index (χ3n) is 5.26. The molecule has 2 heterocycles. The van der Waals surface area contributed by atoms with Gasteiger partial charge in [0.05, 0.1) is 13.0 Å². The topological polar surface area (TPSA) is 71.8 Å². The van der Waals surface area contributed by atoms with Gasteiger partial charge in [-0.3, -0.25) is 9.79 Å². The van der Waals surface area contributed by atoms with Gasteiger partial charge in [0.2, 0.25) is 0 Å². The zero-order valence-corrected chi connectivity index (χ0v) is 17.4. The van der Waals surface area contributed by atoms with Crippen molar-refractivity contribution >= 4 is 11.9 Å². The monoisotopic (exact) mass is 397 g/mol. The molecule has 1 fully saturated rings. The van der Waals surface area contributed by atoms with Gasteiger partial charge < -0.3 is 19.5 Å². The normalized spacial score (nSPS) is 15.4. The number of aromatic nitrogens is 2. The van der Waals surface area contributed by atoms with Gasteiger partial charge in [-0.2, -0.15) is 0 Å². The Morgan fingerprint density at radius 1 is 1.28 bits per heavy atom. The van der Waals surface area contributed by atoms with Crippen molar-refractivity contribution in [3.63, 3.8) is 0 Å². The van der Waals surface area contributed by atoms with Gasteiger partial charge in [0.15, 0.2) is 5.96 Å². The Morgan fingerprint density at radius 3 is 2.72 bits per heavy atom. The van der Waals surface area contributed by atoms with Crippen molar-refractivity contribution in [1.82, 2.24) is 19.8 Å². The van der Waals surface area contributed by atoms with E-state index in [1.54, 1.807) is 0 Å². The van der Waals surface area contributed by atoms with E-state index in [0.717, 1.165) is 57.2 Å². The highest BCUT2D eigenvalue weighted by Crippen LogP contribution is 2.18. The second-order valence-corrected chi connectivity index (χ2v) is 7.23. The fourth-order valence-corrected chi connectivity index (χ4v) is 3.67. The molecule has 7 nitrogen and oxygen atoms in total. The molecular weight excluding hydrogens is 366 g/mol. The van der Waals surface area contributed by atoms with E-state index in [4.69, 9.17) is 9.73 Å². The highest BCUT2D eigenvalue weighted by molar-refractivity contribution is 5.80. The summed E-state index contributed by atoms with van der Waals surface area (Å²) in [6.45, 7) is 6.01. The van der Waals surface area contributed by atoms with Crippen LogP contribution in [0.5, 0.6) is 0 Å². The number of nitrogens with one attached hydrogen (secondary N) is 1. The van der Waals surface area contributed by atoms with Gasteiger partial charge in [-0.15, -0.1) is 0 Å². The molecule has 1 saturated heterocycles. The highest BCUT2D eigenvalue weighted by Gasteiger charge is 2.26. The fourth-order valence-electron chi connectivity index (χ4n) is 3.67. The van der Waals surface area contributed by atoms with Crippen LogP contribution in [0.4, 0.5) is 0 Å². The Labute approximate surface area is 172 Å². The van der Waals surface area contributed by atoms with Crippen molar-refractivity contribution in [1.29, 1.82) is 0 Å². The number of nitrogens with zero attached hydrogens (tertiary/aromatic N) is 4. The average Bonchev–Trinajstić information content (AvgIpc) is 3.20. The predicted molar refractivity (Wildman–Crippen MR) is 114 cm³/mol. The van der Waals surface area contributed by atoms with Crippen LogP contribution in [0.15, 0.2) is 47.7 Å². The third-order valence-corrected chi connectivity index (χ3v) is 5.26. The molecule has 0 aliphatic carbocycles. The summed E-state index contributed by atoms with van der Waals surface area (Å²) < 4.78 is 7.06. The lowest BCUT2D eigenvalue weighted by atomic mass is 9.97. The van der Waals surface area contributed by atoms with Crippen LogP contribution in [0.3, 0.4) is 0 Å². The number of likely N-dealkylation sites (tertiary alicyclic amines) is 1. The number of rotatable bonds is 7. The number of carbonyl (C=O) groups is 1. The Hall–Kier alpha value is -2.83. The van der Waals surface area contributed by atoms with Crippen molar-refractivity contribution in [3.8, 4) is 0 Å². The van der Waals surface area contributed by atoms with Gasteiger partial charge in [0.25, 0.3) is 0 Å². The first-order chi connectivity index (χ1) is 14.2. The van der Waals surface area contributed by atoms with Gasteiger partial charge in [-0.1, -0.05) is 30.3 Å². The number of esters is 1. The van der Waals surface area contributed by atoms with Crippen LogP contribution >= 0.6 is 0 Å². The molecule has 1 aromatic carbocycles. The lowest BCUT2D eigenvalue weighted by Gasteiger charge is -2.33. The molecule has 1 N–H and O–H groups in total. The standard InChI is InChI=1S/C22H31N5O2/c1-3-23-22(26-14-10-19(11-15-26)21(28)29-2)25-12-9-20-24-13-16-27(20)17-18-7-5-4-6-8-18/h4-8,13,16,19H,3,9-12,14-15,17H2,1-2H3,(H,23,25). The molecule has 0 bridgehead atoms. The van der Waals surface area contributed by atoms with Crippen LogP contribution < -0.4 is 5.32 Å². The summed E-state index contributed by atoms with van der Waals surface area (Å²) in [5, 5.41) is 3.38. The molecule has 29 heavy (non-hydrogen) atoms. The van der Waals surface area contributed by atoms with E-state index >= 15 is 0 Å². The summed E-state index contributed by atoms with van der Waals surface area (Å²) in [5.41, 5.74) is 1.26. The number of benzene rings is 1. The number of guanidine groups is 1. The van der Waals surface area contributed by atoms with Crippen LogP contribution in [0, 0.1) is 5.92 Å². The maximum atomic E-state index is 11.7. The average molecular weight is 398 g/mol. The molecule has 0 unspecified atom stereocenters. The minimum absolute atomic E-state index is 0.00425. The number of aliphatic imine (C=N–C) groups is 1. The van der Waals surface area contributed by atoms with Crippen LogP contribution in [0.1, 0.15) is 31.2 Å². The van der Waals surface area contributed by atoms with Crippen molar-refractivity contribution in [2.45, 2.75) is 32.7 Å². The fraction of sp³-hybridized carbons (Fsp3) is 0.500. The summed E-state index contributed by atoms with van der Waals surface area (Å²) in [6.07, 6.45) is 6.27. The van der Waals surface area contributed by atoms with Gasteiger partial charge >= 0.3 is 5.97 Å². The van der Waals surface area contributed by atoms with E-state index in [2.05, 4.69) is 51.0 Å². The molecule has 0 amide bonds. The molecule has 0 spiro atoms. The van der Waals surface area contributed by atoms with Crippen LogP contribution in [-0.4, -0.2) is 59.7 Å². The van der Waals surface area contributed by atoms with Gasteiger partial charge in [-0.25, -0.2) is 4.98 Å². The van der Waals surface area contributed by atoms with Gasteiger partial charge in [0, 0.05) is 51.5 Å². The SMILES string of the molecule is CCNC(=NCCc1nccn1Cc1ccccc1)N1CCC(C(=O)OC)CC1. The minimum atomic E-state index is -0.100. The number of piperidine rings is 1. The van der Waals surface area contributed by atoms with E-state index in [1.807, 2.05) is 18.5 Å². The second-order valence-electron chi connectivity index (χ2n) is 7.23. The molecular formula is C22H31N5O2. The van der Waals surface area contributed by atoms with E-state index in [1.165, 1.54) is 12.7 Å². The van der Waals surface area contributed by atoms with Crippen LogP contribution in [-0.2, 0) is 22.5 Å². The van der Waals surface area contributed by atoms with Crippen molar-refractivity contribution in [2.24, 2.45) is 10.9 Å². The van der Waals surface area contributed by atoms with Crippen LogP contribution in [0.2, 0.25) is 0 Å². The zero-order chi connectivity index (χ0) is 20.5. The highest BCUT2D eigenvalue weighted by atomic mass is 16.5. The number of carbonyl (C=O) groups excluding carboxylic acids is 1. The zero-order valence-electron chi connectivity index (χ0n) is 17.4. The number of ether oxygens (including phenoxy) is 1. The Kier molecular flexibility index (Phi) is 7.67. The smallest absolute Gasteiger partial charge is 0.308 e. The molecule has 1 aliphatic rings. The van der Waals surface area contributed by atoms with E-state index in [0.29, 0.717) is 6.54 Å². The summed E-state index contributed by atoms with van der Waals surface area (Å²) in [5.74, 6) is 1.86. The third kappa shape index (κ3) is 5.82. The van der Waals surface area contributed by atoms with E-state index in [9.17, 15) is 4.79 Å². The Morgan fingerprint density at radius 2 is 2.03 bits per heavy atom. The van der Waals surface area contributed by atoms with E-state index < -0.39 is 0 Å². The molecule has 1 aromatic heterocycles. The molecule has 7 heteroatoms. The Bertz CT molecular complexity index is 795. The first-order valence-corrected chi connectivity index (χ1v) is 10.4. The van der Waals surface area contributed by atoms with Gasteiger partial charge in [-0.05, 0) is 25.3 Å². The number of hydrogen-bond acceptors (Lipinski definition) is 4. The quantitative estimate of drug-likeness (QED) is 0.441. The summed E-state index contributed by atoms with van der Waals surface area (Å²) in [4.78, 5) is 23.3. The molecule has 1 aliphatic heterocycles. The number of imidazole rings is 1. The first kappa shape index (κ1) is 20.9. The summed E-state index contributed by atoms with van der Waals surface area (Å²) in [7, 11) is 1.46. The largest absolute Gasteiger partial charge is 0.469 e. The van der Waals surface area contributed by atoms with Crippen LogP contribution in [0.25, 0.3) is 0 Å². The van der Waals surface area contributed by atoms with Crippen molar-refractivity contribution in [3.05, 3.63) is 54.1 Å². The second kappa shape index (κ2) is 10.6. The van der Waals surface area contributed by atoms with Gasteiger partial charge in [0.1, 0.15) is 5.82 Å². The molecule has 2 aromatic rings. The maximum Gasteiger partial charge on any atom is 0.308 e. The lowest BCUT2D eigenvalue weighted by Crippen LogP contribution is -2.46. The molecule has 156 valence electrons. The van der Waals surface area contributed by atoms with Crippen molar-refractivity contribution < 1.29 is 9.53 Å². The first-order valence-electron chi connectivity index (χ1n) is 10.4. The predicted octanol–water partition coefficient (Wildman–Crippen LogP) is 2.32. The lowest BCUT2D eigenvalue weighted by molar-refractivity contribution is -0.146. The Balaban J connectivity index is 1.56. The van der Waals surface area contributed by atoms with Crippen molar-refractivity contribution in [2.75, 3.05) is 33.3 Å². The maximum absolute atomic E-state index is 11.7. The molecule has 0 atom stereocenters. The minimum Gasteiger partial charge on any atom is -0.469 e. The number of methoxy groups -OCH3 is 1. The summed E-state index contributed by atoms with van der Waals surface area (Å²) in [6, 6.07) is 10.4. The van der Waals surface area contributed by atoms with E-state index in [-0.39, 0.29) is 11.9 Å². The number of hydrogen-bond donors (Lipinski definition) is 1.